The number of H-pyrrole nitrogens is 1. The Morgan fingerprint density at radius 1 is 1.03 bits per heavy atom. The van der Waals surface area contributed by atoms with Gasteiger partial charge in [-0.1, -0.05) is 30.3 Å². The highest BCUT2D eigenvalue weighted by atomic mass is 32.2. The van der Waals surface area contributed by atoms with Crippen molar-refractivity contribution >= 4 is 21.9 Å². The normalized spacial score (nSPS) is 12.7. The summed E-state index contributed by atoms with van der Waals surface area (Å²) in [5.41, 5.74) is 0.601. The largest absolute Gasteiger partial charge is 0.459 e. The molecular weight excluding hydrogens is 468 g/mol. The van der Waals surface area contributed by atoms with Crippen LogP contribution in [0, 0.1) is 0 Å². The summed E-state index contributed by atoms with van der Waals surface area (Å²) in [5.74, 6) is -0.335. The molecule has 1 atom stereocenters. The highest BCUT2D eigenvalue weighted by molar-refractivity contribution is 7.89. The van der Waals surface area contributed by atoms with Gasteiger partial charge >= 0.3 is 5.97 Å². The van der Waals surface area contributed by atoms with Gasteiger partial charge in [-0.25, -0.2) is 13.4 Å². The van der Waals surface area contributed by atoms with Crippen LogP contribution >= 0.6 is 0 Å². The maximum Gasteiger partial charge on any atom is 0.326 e. The molecule has 0 aliphatic rings. The number of aromatic nitrogens is 2. The average molecular weight is 499 g/mol. The summed E-state index contributed by atoms with van der Waals surface area (Å²) in [6, 6.07) is 13.4. The maximum atomic E-state index is 12.8. The number of rotatable bonds is 10. The van der Waals surface area contributed by atoms with E-state index in [9.17, 15) is 18.0 Å². The Morgan fingerprint density at radius 3 is 2.31 bits per heavy atom. The van der Waals surface area contributed by atoms with Gasteiger partial charge in [-0.15, -0.1) is 0 Å². The molecule has 0 aliphatic heterocycles. The fourth-order valence-corrected chi connectivity index (χ4v) is 4.42. The molecule has 35 heavy (non-hydrogen) atoms. The predicted molar refractivity (Wildman–Crippen MR) is 131 cm³/mol. The topological polar surface area (TPSA) is 130 Å². The van der Waals surface area contributed by atoms with E-state index in [1.165, 1.54) is 12.1 Å². The summed E-state index contributed by atoms with van der Waals surface area (Å²) in [7, 11) is -4.01. The van der Waals surface area contributed by atoms with Gasteiger partial charge < -0.3 is 15.0 Å². The minimum atomic E-state index is -4.01. The maximum absolute atomic E-state index is 12.8. The molecule has 0 saturated carbocycles. The molecule has 1 amide bonds. The van der Waals surface area contributed by atoms with Crippen molar-refractivity contribution in [3.63, 3.8) is 0 Å². The Bertz CT molecular complexity index is 1220. The first kappa shape index (κ1) is 26.1. The van der Waals surface area contributed by atoms with Crippen molar-refractivity contribution in [1.82, 2.24) is 20.0 Å². The molecule has 0 radical (unpaired) electrons. The van der Waals surface area contributed by atoms with Gasteiger partial charge in [-0.3, -0.25) is 9.59 Å². The van der Waals surface area contributed by atoms with E-state index >= 15 is 0 Å². The number of sulfonamides is 1. The SMILES string of the molecule is CC(C)(C)OC(=O)C(CNC(=O)c1ccc(CCc2ncc[nH]2)cc1)NS(=O)(=O)c1ccccc1. The van der Waals surface area contributed by atoms with Gasteiger partial charge in [0.05, 0.1) is 4.90 Å². The van der Waals surface area contributed by atoms with Crippen molar-refractivity contribution in [2.24, 2.45) is 0 Å². The number of hydrogen-bond donors (Lipinski definition) is 3. The minimum Gasteiger partial charge on any atom is -0.459 e. The second-order valence-corrected chi connectivity index (χ2v) is 10.7. The Balaban J connectivity index is 1.65. The molecule has 2 aromatic carbocycles. The molecule has 0 aliphatic carbocycles. The van der Waals surface area contributed by atoms with Crippen LogP contribution in [0.25, 0.3) is 0 Å². The number of esters is 1. The Hall–Kier alpha value is -3.50. The highest BCUT2D eigenvalue weighted by Crippen LogP contribution is 2.13. The monoisotopic (exact) mass is 498 g/mol. The molecule has 3 rings (SSSR count). The third-order valence-corrected chi connectivity index (χ3v) is 6.42. The van der Waals surface area contributed by atoms with E-state index in [0.717, 1.165) is 24.2 Å². The molecule has 0 spiro atoms. The summed E-state index contributed by atoms with van der Waals surface area (Å²) in [6.07, 6.45) is 4.98. The van der Waals surface area contributed by atoms with Gasteiger partial charge in [0, 0.05) is 30.9 Å². The first-order valence-corrected chi connectivity index (χ1v) is 12.7. The summed E-state index contributed by atoms with van der Waals surface area (Å²) in [4.78, 5) is 32.7. The van der Waals surface area contributed by atoms with E-state index in [0.29, 0.717) is 5.56 Å². The van der Waals surface area contributed by atoms with Crippen molar-refractivity contribution in [3.8, 4) is 0 Å². The van der Waals surface area contributed by atoms with Crippen molar-refractivity contribution in [2.45, 2.75) is 50.2 Å². The van der Waals surface area contributed by atoms with Gasteiger partial charge in [-0.2, -0.15) is 4.72 Å². The number of aryl methyl sites for hydroxylation is 2. The van der Waals surface area contributed by atoms with E-state index in [1.807, 2.05) is 12.1 Å². The molecule has 3 N–H and O–H groups in total. The molecule has 1 aromatic heterocycles. The number of hydrogen-bond acceptors (Lipinski definition) is 6. The first-order chi connectivity index (χ1) is 16.5. The number of carbonyl (C=O) groups is 2. The molecular formula is C25H30N4O5S. The number of imidazole rings is 1. The molecule has 0 saturated heterocycles. The van der Waals surface area contributed by atoms with Crippen LogP contribution in [0.15, 0.2) is 71.9 Å². The summed E-state index contributed by atoms with van der Waals surface area (Å²) in [6.45, 7) is 4.76. The minimum absolute atomic E-state index is 0.00465. The van der Waals surface area contributed by atoms with Crippen LogP contribution < -0.4 is 10.0 Å². The molecule has 1 heterocycles. The van der Waals surface area contributed by atoms with Gasteiger partial charge in [0.2, 0.25) is 10.0 Å². The fraction of sp³-hybridized carbons (Fsp3) is 0.320. The summed E-state index contributed by atoms with van der Waals surface area (Å²) < 4.78 is 33.3. The van der Waals surface area contributed by atoms with Crippen molar-refractivity contribution < 1.29 is 22.7 Å². The average Bonchev–Trinajstić information content (AvgIpc) is 3.34. The summed E-state index contributed by atoms with van der Waals surface area (Å²) in [5, 5.41) is 2.63. The number of nitrogens with zero attached hydrogens (tertiary/aromatic N) is 1. The fourth-order valence-electron chi connectivity index (χ4n) is 3.22. The van der Waals surface area contributed by atoms with Crippen molar-refractivity contribution in [2.75, 3.05) is 6.54 Å². The molecule has 1 unspecified atom stereocenters. The molecule has 3 aromatic rings. The van der Waals surface area contributed by atoms with Crippen LogP contribution in [0.2, 0.25) is 0 Å². The number of carbonyl (C=O) groups excluding carboxylic acids is 2. The number of aromatic amines is 1. The van der Waals surface area contributed by atoms with Crippen molar-refractivity contribution in [1.29, 1.82) is 0 Å². The predicted octanol–water partition coefficient (Wildman–Crippen LogP) is 2.61. The van der Waals surface area contributed by atoms with Crippen LogP contribution in [0.1, 0.15) is 42.5 Å². The second-order valence-electron chi connectivity index (χ2n) is 8.96. The summed E-state index contributed by atoms with van der Waals surface area (Å²) >= 11 is 0. The number of benzene rings is 2. The first-order valence-electron chi connectivity index (χ1n) is 11.2. The Labute approximate surface area is 205 Å². The standard InChI is InChI=1S/C25H30N4O5S/c1-25(2,3)34-24(31)21(29-35(32,33)20-7-5-4-6-8-20)17-28-23(30)19-12-9-18(10-13-19)11-14-22-26-15-16-27-22/h4-10,12-13,15-16,21,29H,11,14,17H2,1-3H3,(H,26,27)(H,28,30). The zero-order valence-electron chi connectivity index (χ0n) is 19.9. The van der Waals surface area contributed by atoms with Crippen LogP contribution in [0.3, 0.4) is 0 Å². The van der Waals surface area contributed by atoms with E-state index in [-0.39, 0.29) is 11.4 Å². The van der Waals surface area contributed by atoms with E-state index in [4.69, 9.17) is 4.74 Å². The second kappa shape index (κ2) is 11.3. The third-order valence-electron chi connectivity index (χ3n) is 4.93. The number of amides is 1. The molecule has 9 nitrogen and oxygen atoms in total. The lowest BCUT2D eigenvalue weighted by Gasteiger charge is -2.24. The third kappa shape index (κ3) is 8.04. The smallest absolute Gasteiger partial charge is 0.326 e. The van der Waals surface area contributed by atoms with E-state index in [2.05, 4.69) is 20.0 Å². The lowest BCUT2D eigenvalue weighted by molar-refractivity contribution is -0.156. The number of nitrogens with one attached hydrogen (secondary N) is 3. The van der Waals surface area contributed by atoms with Gasteiger partial charge in [0.15, 0.2) is 0 Å². The Morgan fingerprint density at radius 2 is 1.71 bits per heavy atom. The molecule has 10 heteroatoms. The van der Waals surface area contributed by atoms with E-state index < -0.39 is 33.5 Å². The van der Waals surface area contributed by atoms with Crippen molar-refractivity contribution in [3.05, 3.63) is 83.9 Å². The van der Waals surface area contributed by atoms with Crippen LogP contribution in [-0.4, -0.2) is 48.4 Å². The molecule has 186 valence electrons. The van der Waals surface area contributed by atoms with Crippen LogP contribution in [-0.2, 0) is 32.4 Å². The molecule has 0 fully saturated rings. The molecule has 0 bridgehead atoms. The van der Waals surface area contributed by atoms with Gasteiger partial charge in [0.25, 0.3) is 5.91 Å². The van der Waals surface area contributed by atoms with Crippen LogP contribution in [0.5, 0.6) is 0 Å². The van der Waals surface area contributed by atoms with Gasteiger partial charge in [0.1, 0.15) is 17.5 Å². The lowest BCUT2D eigenvalue weighted by Crippen LogP contribution is -2.50. The van der Waals surface area contributed by atoms with Crippen LogP contribution in [0.4, 0.5) is 0 Å². The van der Waals surface area contributed by atoms with E-state index in [1.54, 1.807) is 63.5 Å². The zero-order chi connectivity index (χ0) is 25.5. The van der Waals surface area contributed by atoms with Gasteiger partial charge in [-0.05, 0) is 57.0 Å². The zero-order valence-corrected chi connectivity index (χ0v) is 20.8. The number of ether oxygens (including phenoxy) is 1. The quantitative estimate of drug-likeness (QED) is 0.369. The Kier molecular flexibility index (Phi) is 8.42. The lowest BCUT2D eigenvalue weighted by atomic mass is 10.1. The highest BCUT2D eigenvalue weighted by Gasteiger charge is 2.30.